The van der Waals surface area contributed by atoms with Crippen LogP contribution >= 0.6 is 0 Å². The SMILES string of the molecule is CCC(CC)N(C)c1cc(C)c(N)c(C(=O)OC)c1. The third-order valence-electron chi connectivity index (χ3n) is 3.67. The maximum Gasteiger partial charge on any atom is 0.340 e. The number of rotatable bonds is 5. The number of esters is 1. The number of carbonyl (C=O) groups is 1. The molecule has 0 atom stereocenters. The second kappa shape index (κ2) is 6.45. The molecule has 0 saturated carbocycles. The van der Waals surface area contributed by atoms with E-state index in [2.05, 4.69) is 18.7 Å². The Morgan fingerprint density at radius 3 is 2.42 bits per heavy atom. The van der Waals surface area contributed by atoms with E-state index in [1.54, 1.807) is 0 Å². The highest BCUT2D eigenvalue weighted by molar-refractivity contribution is 5.97. The third-order valence-corrected chi connectivity index (χ3v) is 3.67. The molecule has 4 heteroatoms. The predicted molar refractivity (Wildman–Crippen MR) is 79.7 cm³/mol. The Morgan fingerprint density at radius 1 is 1.37 bits per heavy atom. The third kappa shape index (κ3) is 3.19. The molecular formula is C15H24N2O2. The van der Waals surface area contributed by atoms with Gasteiger partial charge >= 0.3 is 5.97 Å². The van der Waals surface area contributed by atoms with E-state index < -0.39 is 0 Å². The Kier molecular flexibility index (Phi) is 5.21. The highest BCUT2D eigenvalue weighted by Crippen LogP contribution is 2.27. The molecule has 0 aliphatic rings. The summed E-state index contributed by atoms with van der Waals surface area (Å²) in [4.78, 5) is 13.9. The zero-order valence-corrected chi connectivity index (χ0v) is 12.5. The molecule has 0 saturated heterocycles. The van der Waals surface area contributed by atoms with Gasteiger partial charge in [0.2, 0.25) is 0 Å². The fourth-order valence-electron chi connectivity index (χ4n) is 2.31. The molecule has 4 nitrogen and oxygen atoms in total. The number of carbonyl (C=O) groups excluding carboxylic acids is 1. The van der Waals surface area contributed by atoms with Gasteiger partial charge in [-0.25, -0.2) is 4.79 Å². The normalized spacial score (nSPS) is 10.6. The summed E-state index contributed by atoms with van der Waals surface area (Å²) in [6.07, 6.45) is 2.12. The van der Waals surface area contributed by atoms with Crippen LogP contribution in [-0.2, 0) is 4.74 Å². The lowest BCUT2D eigenvalue weighted by atomic mass is 10.0. The summed E-state index contributed by atoms with van der Waals surface area (Å²) in [5.74, 6) is -0.389. The zero-order chi connectivity index (χ0) is 14.6. The summed E-state index contributed by atoms with van der Waals surface area (Å²) in [5, 5.41) is 0. The molecule has 2 N–H and O–H groups in total. The quantitative estimate of drug-likeness (QED) is 0.656. The van der Waals surface area contributed by atoms with Crippen molar-refractivity contribution in [2.75, 3.05) is 24.8 Å². The number of hydrogen-bond acceptors (Lipinski definition) is 4. The second-order valence-electron chi connectivity index (χ2n) is 4.80. The largest absolute Gasteiger partial charge is 0.465 e. The van der Waals surface area contributed by atoms with Crippen LogP contribution in [0, 0.1) is 6.92 Å². The predicted octanol–water partition coefficient (Wildman–Crippen LogP) is 2.99. The van der Waals surface area contributed by atoms with Crippen LogP contribution in [0.5, 0.6) is 0 Å². The summed E-state index contributed by atoms with van der Waals surface area (Å²) in [6.45, 7) is 6.23. The smallest absolute Gasteiger partial charge is 0.340 e. The highest BCUT2D eigenvalue weighted by Gasteiger charge is 2.17. The Bertz CT molecular complexity index is 454. The van der Waals surface area contributed by atoms with E-state index >= 15 is 0 Å². The van der Waals surface area contributed by atoms with Crippen molar-refractivity contribution in [1.82, 2.24) is 0 Å². The summed E-state index contributed by atoms with van der Waals surface area (Å²) < 4.78 is 4.78. The molecule has 0 unspecified atom stereocenters. The number of aryl methyl sites for hydroxylation is 1. The number of ether oxygens (including phenoxy) is 1. The van der Waals surface area contributed by atoms with Crippen LogP contribution < -0.4 is 10.6 Å². The van der Waals surface area contributed by atoms with Gasteiger partial charge in [0.05, 0.1) is 12.7 Å². The van der Waals surface area contributed by atoms with Gasteiger partial charge in [0, 0.05) is 24.5 Å². The van der Waals surface area contributed by atoms with E-state index in [1.807, 2.05) is 26.1 Å². The van der Waals surface area contributed by atoms with Crippen molar-refractivity contribution in [3.63, 3.8) is 0 Å². The van der Waals surface area contributed by atoms with Crippen LogP contribution in [0.3, 0.4) is 0 Å². The lowest BCUT2D eigenvalue weighted by Crippen LogP contribution is -2.30. The summed E-state index contributed by atoms with van der Waals surface area (Å²) in [5.41, 5.74) is 8.78. The van der Waals surface area contributed by atoms with E-state index in [4.69, 9.17) is 10.5 Å². The highest BCUT2D eigenvalue weighted by atomic mass is 16.5. The first kappa shape index (κ1) is 15.3. The minimum atomic E-state index is -0.389. The van der Waals surface area contributed by atoms with Crippen molar-refractivity contribution >= 4 is 17.3 Å². The molecule has 0 bridgehead atoms. The van der Waals surface area contributed by atoms with Crippen LogP contribution in [0.2, 0.25) is 0 Å². The number of methoxy groups -OCH3 is 1. The van der Waals surface area contributed by atoms with Crippen molar-refractivity contribution in [2.24, 2.45) is 0 Å². The van der Waals surface area contributed by atoms with E-state index in [0.717, 1.165) is 24.1 Å². The van der Waals surface area contributed by atoms with Crippen LogP contribution in [0.1, 0.15) is 42.6 Å². The average Bonchev–Trinajstić information content (AvgIpc) is 2.41. The number of anilines is 2. The van der Waals surface area contributed by atoms with Crippen LogP contribution in [-0.4, -0.2) is 26.2 Å². The van der Waals surface area contributed by atoms with E-state index in [1.165, 1.54) is 7.11 Å². The maximum atomic E-state index is 11.7. The van der Waals surface area contributed by atoms with Crippen molar-refractivity contribution in [2.45, 2.75) is 39.7 Å². The first-order chi connectivity index (χ1) is 8.96. The van der Waals surface area contributed by atoms with Crippen LogP contribution in [0.25, 0.3) is 0 Å². The molecule has 0 radical (unpaired) electrons. The number of hydrogen-bond donors (Lipinski definition) is 1. The Hall–Kier alpha value is -1.71. The van der Waals surface area contributed by atoms with Crippen LogP contribution in [0.15, 0.2) is 12.1 Å². The molecule has 1 aromatic carbocycles. The van der Waals surface area contributed by atoms with Gasteiger partial charge in [-0.2, -0.15) is 0 Å². The fourth-order valence-corrected chi connectivity index (χ4v) is 2.31. The molecule has 0 aliphatic heterocycles. The van der Waals surface area contributed by atoms with Crippen molar-refractivity contribution in [1.29, 1.82) is 0 Å². The lowest BCUT2D eigenvalue weighted by molar-refractivity contribution is 0.0602. The number of nitrogens with two attached hydrogens (primary N) is 1. The van der Waals surface area contributed by atoms with E-state index in [9.17, 15) is 4.79 Å². The molecular weight excluding hydrogens is 240 g/mol. The van der Waals surface area contributed by atoms with Gasteiger partial charge in [-0.05, 0) is 37.5 Å². The lowest BCUT2D eigenvalue weighted by Gasteiger charge is -2.29. The minimum absolute atomic E-state index is 0.389. The maximum absolute atomic E-state index is 11.7. The molecule has 0 aliphatic carbocycles. The van der Waals surface area contributed by atoms with E-state index in [0.29, 0.717) is 17.3 Å². The van der Waals surface area contributed by atoms with Gasteiger partial charge < -0.3 is 15.4 Å². The summed E-state index contributed by atoms with van der Waals surface area (Å²) in [6, 6.07) is 4.28. The molecule has 19 heavy (non-hydrogen) atoms. The molecule has 0 heterocycles. The van der Waals surface area contributed by atoms with Crippen LogP contribution in [0.4, 0.5) is 11.4 Å². The molecule has 0 aromatic heterocycles. The number of nitrogen functional groups attached to an aromatic ring is 1. The standard InChI is InChI=1S/C15H24N2O2/c1-6-11(7-2)17(4)12-8-10(3)14(16)13(9-12)15(18)19-5/h8-9,11H,6-7,16H2,1-5H3. The second-order valence-corrected chi connectivity index (χ2v) is 4.80. The number of benzene rings is 1. The minimum Gasteiger partial charge on any atom is -0.465 e. The molecule has 106 valence electrons. The molecule has 1 aromatic rings. The van der Waals surface area contributed by atoms with E-state index in [-0.39, 0.29) is 5.97 Å². The number of nitrogens with zero attached hydrogens (tertiary/aromatic N) is 1. The van der Waals surface area contributed by atoms with Crippen molar-refractivity contribution < 1.29 is 9.53 Å². The average molecular weight is 264 g/mol. The fraction of sp³-hybridized carbons (Fsp3) is 0.533. The Labute approximate surface area is 115 Å². The summed E-state index contributed by atoms with van der Waals surface area (Å²) in [7, 11) is 3.41. The monoisotopic (exact) mass is 264 g/mol. The Morgan fingerprint density at radius 2 is 1.95 bits per heavy atom. The van der Waals surface area contributed by atoms with Gasteiger partial charge in [0.25, 0.3) is 0 Å². The summed E-state index contributed by atoms with van der Waals surface area (Å²) >= 11 is 0. The van der Waals surface area contributed by atoms with Crippen molar-refractivity contribution in [3.8, 4) is 0 Å². The first-order valence-electron chi connectivity index (χ1n) is 6.67. The Balaban J connectivity index is 3.23. The van der Waals surface area contributed by atoms with Gasteiger partial charge in [0.15, 0.2) is 0 Å². The van der Waals surface area contributed by atoms with Gasteiger partial charge in [-0.1, -0.05) is 13.8 Å². The molecule has 0 spiro atoms. The topological polar surface area (TPSA) is 55.6 Å². The van der Waals surface area contributed by atoms with Crippen molar-refractivity contribution in [3.05, 3.63) is 23.3 Å². The van der Waals surface area contributed by atoms with Gasteiger partial charge in [0.1, 0.15) is 0 Å². The molecule has 0 fully saturated rings. The molecule has 0 amide bonds. The first-order valence-corrected chi connectivity index (χ1v) is 6.67. The van der Waals surface area contributed by atoms with Gasteiger partial charge in [-0.3, -0.25) is 0 Å². The zero-order valence-electron chi connectivity index (χ0n) is 12.5. The molecule has 1 rings (SSSR count). The van der Waals surface area contributed by atoms with Gasteiger partial charge in [-0.15, -0.1) is 0 Å².